The van der Waals surface area contributed by atoms with Crippen LogP contribution in [0.2, 0.25) is 0 Å². The van der Waals surface area contributed by atoms with Crippen molar-refractivity contribution in [2.24, 2.45) is 0 Å². The number of hydrogen-bond acceptors (Lipinski definition) is 7. The van der Waals surface area contributed by atoms with Gasteiger partial charge >= 0.3 is 5.97 Å². The molecule has 36 heavy (non-hydrogen) atoms. The molecule has 198 valence electrons. The molecule has 2 atom stereocenters. The Kier molecular flexibility index (Phi) is 10.6. The van der Waals surface area contributed by atoms with Gasteiger partial charge in [-0.05, 0) is 18.6 Å². The summed E-state index contributed by atoms with van der Waals surface area (Å²) in [6, 6.07) is 6.90. The number of phenols is 4. The molecule has 0 unspecified atom stereocenters. The van der Waals surface area contributed by atoms with E-state index in [2.05, 4.69) is 6.92 Å². The highest BCUT2D eigenvalue weighted by atomic mass is 16.6. The summed E-state index contributed by atoms with van der Waals surface area (Å²) < 4.78 is 11.8. The number of unbranched alkanes of at least 4 members (excludes halogenated alkanes) is 10. The van der Waals surface area contributed by atoms with Crippen LogP contribution in [0, 0.1) is 0 Å². The fourth-order valence-corrected chi connectivity index (χ4v) is 4.71. The molecule has 0 bridgehead atoms. The smallest absolute Gasteiger partial charge is 0.306 e. The van der Waals surface area contributed by atoms with Gasteiger partial charge in [-0.25, -0.2) is 0 Å². The second-order valence-corrected chi connectivity index (χ2v) is 9.75. The highest BCUT2D eigenvalue weighted by Gasteiger charge is 2.36. The number of hydrogen-bond donors (Lipinski definition) is 4. The van der Waals surface area contributed by atoms with E-state index in [1.54, 1.807) is 6.07 Å². The molecule has 0 amide bonds. The molecular formula is C29H40O7. The lowest BCUT2D eigenvalue weighted by molar-refractivity contribution is -0.155. The van der Waals surface area contributed by atoms with E-state index in [0.717, 1.165) is 19.3 Å². The number of ether oxygens (including phenoxy) is 2. The molecule has 0 fully saturated rings. The van der Waals surface area contributed by atoms with Crippen molar-refractivity contribution in [2.45, 2.75) is 103 Å². The van der Waals surface area contributed by atoms with Crippen molar-refractivity contribution >= 4 is 5.97 Å². The largest absolute Gasteiger partial charge is 0.508 e. The average Bonchev–Trinajstić information content (AvgIpc) is 2.84. The molecule has 0 saturated heterocycles. The highest BCUT2D eigenvalue weighted by molar-refractivity contribution is 5.69. The standard InChI is InChI=1S/C29H40O7/c1-2-3-4-5-6-7-8-9-10-11-12-13-28(34)35-27-19-22-24(32)17-21(30)18-26(22)36-29(27)20-14-15-23(31)25(33)16-20/h14-18,27,29-33H,2-13,19H2,1H3/t27-,29-/m1/s1. The molecule has 4 N–H and O–H groups in total. The number of esters is 1. The molecule has 0 spiro atoms. The Morgan fingerprint density at radius 1 is 0.833 bits per heavy atom. The third kappa shape index (κ3) is 7.97. The molecule has 7 heteroatoms. The van der Waals surface area contributed by atoms with Crippen molar-refractivity contribution in [1.29, 1.82) is 0 Å². The minimum Gasteiger partial charge on any atom is -0.508 e. The monoisotopic (exact) mass is 500 g/mol. The van der Waals surface area contributed by atoms with Crippen molar-refractivity contribution < 1.29 is 34.7 Å². The highest BCUT2D eigenvalue weighted by Crippen LogP contribution is 2.43. The van der Waals surface area contributed by atoms with Crippen LogP contribution >= 0.6 is 0 Å². The summed E-state index contributed by atoms with van der Waals surface area (Å²) in [4.78, 5) is 12.7. The van der Waals surface area contributed by atoms with Crippen molar-refractivity contribution in [3.05, 3.63) is 41.5 Å². The van der Waals surface area contributed by atoms with Crippen molar-refractivity contribution in [2.75, 3.05) is 0 Å². The number of carbonyl (C=O) groups excluding carboxylic acids is 1. The number of fused-ring (bicyclic) bond motifs is 1. The molecule has 0 aromatic heterocycles. The zero-order valence-corrected chi connectivity index (χ0v) is 21.2. The first-order valence-electron chi connectivity index (χ1n) is 13.3. The lowest BCUT2D eigenvalue weighted by atomic mass is 9.93. The van der Waals surface area contributed by atoms with Crippen LogP contribution in [-0.4, -0.2) is 32.5 Å². The molecule has 3 rings (SSSR count). The molecule has 0 radical (unpaired) electrons. The molecule has 0 aliphatic carbocycles. The van der Waals surface area contributed by atoms with Gasteiger partial charge in [-0.3, -0.25) is 4.79 Å². The van der Waals surface area contributed by atoms with Crippen LogP contribution in [0.5, 0.6) is 28.7 Å². The molecule has 2 aromatic carbocycles. The Hall–Kier alpha value is -3.09. The van der Waals surface area contributed by atoms with Crippen LogP contribution < -0.4 is 4.74 Å². The van der Waals surface area contributed by atoms with Crippen LogP contribution in [0.25, 0.3) is 0 Å². The Morgan fingerprint density at radius 2 is 1.47 bits per heavy atom. The first kappa shape index (κ1) is 27.5. The first-order valence-corrected chi connectivity index (χ1v) is 13.3. The van der Waals surface area contributed by atoms with Crippen LogP contribution in [-0.2, 0) is 16.0 Å². The van der Waals surface area contributed by atoms with Crippen LogP contribution in [0.3, 0.4) is 0 Å². The number of rotatable bonds is 14. The van der Waals surface area contributed by atoms with E-state index < -0.39 is 12.2 Å². The van der Waals surface area contributed by atoms with Crippen molar-refractivity contribution in [3.63, 3.8) is 0 Å². The topological polar surface area (TPSA) is 116 Å². The zero-order chi connectivity index (χ0) is 25.9. The summed E-state index contributed by atoms with van der Waals surface area (Å²) in [6.07, 6.45) is 12.1. The maximum absolute atomic E-state index is 12.7. The third-order valence-corrected chi connectivity index (χ3v) is 6.76. The Labute approximate surface area is 213 Å². The van der Waals surface area contributed by atoms with Gasteiger partial charge in [0.15, 0.2) is 17.6 Å². The number of phenolic OH excluding ortho intramolecular Hbond substituents is 4. The summed E-state index contributed by atoms with van der Waals surface area (Å²) in [5.74, 6) is -0.923. The minimum absolute atomic E-state index is 0.136. The van der Waals surface area contributed by atoms with Crippen LogP contribution in [0.1, 0.15) is 101 Å². The van der Waals surface area contributed by atoms with E-state index in [0.29, 0.717) is 17.5 Å². The second-order valence-electron chi connectivity index (χ2n) is 9.75. The van der Waals surface area contributed by atoms with E-state index in [1.165, 1.54) is 75.6 Å². The fraction of sp³-hybridized carbons (Fsp3) is 0.552. The van der Waals surface area contributed by atoms with Gasteiger partial charge in [0.2, 0.25) is 0 Å². The van der Waals surface area contributed by atoms with E-state index in [9.17, 15) is 25.2 Å². The number of carbonyl (C=O) groups is 1. The maximum Gasteiger partial charge on any atom is 0.306 e. The van der Waals surface area contributed by atoms with E-state index in [1.807, 2.05) is 0 Å². The van der Waals surface area contributed by atoms with E-state index in [4.69, 9.17) is 9.47 Å². The number of aromatic hydroxyl groups is 4. The normalized spacial score (nSPS) is 16.8. The predicted octanol–water partition coefficient (Wildman–Crippen LogP) is 6.80. The van der Waals surface area contributed by atoms with Gasteiger partial charge in [-0.15, -0.1) is 0 Å². The summed E-state index contributed by atoms with van der Waals surface area (Å²) in [6.45, 7) is 2.23. The predicted molar refractivity (Wildman–Crippen MR) is 138 cm³/mol. The second kappa shape index (κ2) is 13.9. The van der Waals surface area contributed by atoms with Gasteiger partial charge in [0, 0.05) is 36.1 Å². The fourth-order valence-electron chi connectivity index (χ4n) is 4.71. The van der Waals surface area contributed by atoms with Gasteiger partial charge in [-0.2, -0.15) is 0 Å². The number of benzene rings is 2. The molecule has 0 saturated carbocycles. The molecular weight excluding hydrogens is 460 g/mol. The minimum atomic E-state index is -0.772. The van der Waals surface area contributed by atoms with Crippen molar-refractivity contribution in [3.8, 4) is 28.7 Å². The first-order chi connectivity index (χ1) is 17.4. The van der Waals surface area contributed by atoms with Gasteiger partial charge in [0.05, 0.1) is 0 Å². The molecule has 7 nitrogen and oxygen atoms in total. The Balaban J connectivity index is 1.51. The average molecular weight is 501 g/mol. The summed E-state index contributed by atoms with van der Waals surface area (Å²) >= 11 is 0. The SMILES string of the molecule is CCCCCCCCCCCCCC(=O)O[C@@H]1Cc2c(O)cc(O)cc2O[C@@H]1c1ccc(O)c(O)c1. The van der Waals surface area contributed by atoms with Crippen LogP contribution in [0.15, 0.2) is 30.3 Å². The zero-order valence-electron chi connectivity index (χ0n) is 21.2. The molecule has 1 aliphatic heterocycles. The Bertz CT molecular complexity index is 988. The quantitative estimate of drug-likeness (QED) is 0.128. The maximum atomic E-state index is 12.7. The van der Waals surface area contributed by atoms with Gasteiger partial charge < -0.3 is 29.9 Å². The van der Waals surface area contributed by atoms with Crippen LogP contribution in [0.4, 0.5) is 0 Å². The van der Waals surface area contributed by atoms with Gasteiger partial charge in [0.1, 0.15) is 23.4 Å². The van der Waals surface area contributed by atoms with E-state index in [-0.39, 0.29) is 41.1 Å². The third-order valence-electron chi connectivity index (χ3n) is 6.76. The summed E-state index contributed by atoms with van der Waals surface area (Å²) in [7, 11) is 0. The molecule has 1 aliphatic rings. The van der Waals surface area contributed by atoms with Crippen molar-refractivity contribution in [1.82, 2.24) is 0 Å². The molecule has 2 aromatic rings. The van der Waals surface area contributed by atoms with Gasteiger partial charge in [0.25, 0.3) is 0 Å². The molecule has 1 heterocycles. The lowest BCUT2D eigenvalue weighted by Crippen LogP contribution is -2.34. The summed E-state index contributed by atoms with van der Waals surface area (Å²) in [5.41, 5.74) is 0.950. The van der Waals surface area contributed by atoms with E-state index >= 15 is 0 Å². The Morgan fingerprint density at radius 3 is 2.11 bits per heavy atom. The summed E-state index contributed by atoms with van der Waals surface area (Å²) in [5, 5.41) is 39.8. The lowest BCUT2D eigenvalue weighted by Gasteiger charge is -2.34. The van der Waals surface area contributed by atoms with Gasteiger partial charge in [-0.1, -0.05) is 77.2 Å².